The third kappa shape index (κ3) is 5.60. The van der Waals surface area contributed by atoms with Crippen LogP contribution in [0, 0.1) is 0 Å². The van der Waals surface area contributed by atoms with Gasteiger partial charge in [-0.2, -0.15) is 0 Å². The maximum atomic E-state index is 12.2. The van der Waals surface area contributed by atoms with E-state index in [9.17, 15) is 4.79 Å². The number of rotatable bonds is 7. The number of nitrogens with zero attached hydrogens (tertiary/aromatic N) is 2. The Morgan fingerprint density at radius 2 is 1.91 bits per heavy atom. The first-order chi connectivity index (χ1) is 10.8. The molecular formula is C16H26N4O2. The van der Waals surface area contributed by atoms with Crippen LogP contribution in [0.3, 0.4) is 0 Å². The van der Waals surface area contributed by atoms with Gasteiger partial charge in [0.05, 0.1) is 5.56 Å². The summed E-state index contributed by atoms with van der Waals surface area (Å²) in [7, 11) is 1.68. The van der Waals surface area contributed by atoms with Gasteiger partial charge in [-0.15, -0.1) is 0 Å². The van der Waals surface area contributed by atoms with Crippen LogP contribution in [0.4, 0.5) is 5.95 Å². The minimum absolute atomic E-state index is 0.0715. The van der Waals surface area contributed by atoms with Gasteiger partial charge in [0.15, 0.2) is 0 Å². The monoisotopic (exact) mass is 306 g/mol. The topological polar surface area (TPSA) is 76.1 Å². The largest absolute Gasteiger partial charge is 0.385 e. The van der Waals surface area contributed by atoms with E-state index < -0.39 is 0 Å². The molecule has 1 aliphatic carbocycles. The Bertz CT molecular complexity index is 442. The Labute approximate surface area is 132 Å². The van der Waals surface area contributed by atoms with E-state index in [2.05, 4.69) is 20.6 Å². The molecule has 0 aromatic carbocycles. The molecule has 0 bridgehead atoms. The number of carbonyl (C=O) groups excluding carboxylic acids is 1. The highest BCUT2D eigenvalue weighted by atomic mass is 16.5. The number of hydrogen-bond acceptors (Lipinski definition) is 5. The number of ether oxygens (including phenoxy) is 1. The Kier molecular flexibility index (Phi) is 7.09. The van der Waals surface area contributed by atoms with Gasteiger partial charge >= 0.3 is 0 Å². The Morgan fingerprint density at radius 3 is 2.55 bits per heavy atom. The Hall–Kier alpha value is -1.69. The van der Waals surface area contributed by atoms with Crippen LogP contribution in [0.25, 0.3) is 0 Å². The van der Waals surface area contributed by atoms with Gasteiger partial charge in [0.25, 0.3) is 5.91 Å². The fraction of sp³-hybridized carbons (Fsp3) is 0.688. The van der Waals surface area contributed by atoms with Crippen LogP contribution < -0.4 is 10.6 Å². The fourth-order valence-corrected chi connectivity index (χ4v) is 2.65. The molecule has 1 aromatic heterocycles. The molecule has 2 N–H and O–H groups in total. The summed E-state index contributed by atoms with van der Waals surface area (Å²) >= 11 is 0. The molecule has 1 aliphatic rings. The van der Waals surface area contributed by atoms with Gasteiger partial charge in [-0.25, -0.2) is 9.97 Å². The lowest BCUT2D eigenvalue weighted by Gasteiger charge is -2.16. The molecule has 22 heavy (non-hydrogen) atoms. The quantitative estimate of drug-likeness (QED) is 0.597. The first kappa shape index (κ1) is 16.7. The van der Waals surface area contributed by atoms with Crippen molar-refractivity contribution in [1.29, 1.82) is 0 Å². The second-order valence-electron chi connectivity index (χ2n) is 5.73. The van der Waals surface area contributed by atoms with Crippen molar-refractivity contribution in [3.8, 4) is 0 Å². The number of amides is 1. The van der Waals surface area contributed by atoms with Gasteiger partial charge in [-0.1, -0.05) is 25.7 Å². The summed E-state index contributed by atoms with van der Waals surface area (Å²) in [6.45, 7) is 1.45. The molecule has 6 nitrogen and oxygen atoms in total. The molecule has 0 atom stereocenters. The van der Waals surface area contributed by atoms with Crippen molar-refractivity contribution in [2.75, 3.05) is 25.6 Å². The summed E-state index contributed by atoms with van der Waals surface area (Å²) in [5.41, 5.74) is 0.520. The van der Waals surface area contributed by atoms with E-state index in [1.165, 1.54) is 25.7 Å². The van der Waals surface area contributed by atoms with Gasteiger partial charge < -0.3 is 15.4 Å². The average Bonchev–Trinajstić information content (AvgIpc) is 2.81. The second-order valence-corrected chi connectivity index (χ2v) is 5.73. The van der Waals surface area contributed by atoms with Crippen molar-refractivity contribution < 1.29 is 9.53 Å². The van der Waals surface area contributed by atoms with Crippen molar-refractivity contribution in [2.24, 2.45) is 0 Å². The number of carbonyl (C=O) groups is 1. The molecule has 1 fully saturated rings. The second kappa shape index (κ2) is 9.35. The van der Waals surface area contributed by atoms with Crippen LogP contribution >= 0.6 is 0 Å². The smallest absolute Gasteiger partial charge is 0.254 e. The molecular weight excluding hydrogens is 280 g/mol. The van der Waals surface area contributed by atoms with Crippen molar-refractivity contribution in [3.63, 3.8) is 0 Å². The highest BCUT2D eigenvalue weighted by Gasteiger charge is 2.16. The third-order valence-electron chi connectivity index (χ3n) is 3.91. The molecule has 2 rings (SSSR count). The number of aromatic nitrogens is 2. The van der Waals surface area contributed by atoms with Crippen LogP contribution in [0.5, 0.6) is 0 Å². The van der Waals surface area contributed by atoms with Gasteiger partial charge in [0.1, 0.15) is 0 Å². The van der Waals surface area contributed by atoms with Gasteiger partial charge in [-0.05, 0) is 19.3 Å². The first-order valence-corrected chi connectivity index (χ1v) is 8.15. The standard InChI is InChI=1S/C16H26N4O2/c1-22-10-6-9-17-16-18-11-13(12-19-16)15(21)20-14-7-4-2-3-5-8-14/h11-12,14H,2-10H2,1H3,(H,20,21)(H,17,18,19). The van der Waals surface area contributed by atoms with E-state index >= 15 is 0 Å². The van der Waals surface area contributed by atoms with E-state index in [-0.39, 0.29) is 5.91 Å². The highest BCUT2D eigenvalue weighted by Crippen LogP contribution is 2.17. The Balaban J connectivity index is 1.79. The summed E-state index contributed by atoms with van der Waals surface area (Å²) in [6, 6.07) is 0.293. The molecule has 6 heteroatoms. The van der Waals surface area contributed by atoms with E-state index in [1.807, 2.05) is 0 Å². The van der Waals surface area contributed by atoms with Crippen LogP contribution in [0.15, 0.2) is 12.4 Å². The summed E-state index contributed by atoms with van der Waals surface area (Å²) in [5, 5.41) is 6.20. The van der Waals surface area contributed by atoms with Crippen molar-refractivity contribution in [2.45, 2.75) is 51.0 Å². The molecule has 0 aliphatic heterocycles. The van der Waals surface area contributed by atoms with Gasteiger partial charge in [-0.3, -0.25) is 4.79 Å². The SMILES string of the molecule is COCCCNc1ncc(C(=O)NC2CCCCCC2)cn1. The number of hydrogen-bond donors (Lipinski definition) is 2. The summed E-state index contributed by atoms with van der Waals surface area (Å²) in [5.74, 6) is 0.472. The molecule has 0 saturated heterocycles. The van der Waals surface area contributed by atoms with Gasteiger partial charge in [0.2, 0.25) is 5.95 Å². The molecule has 1 saturated carbocycles. The summed E-state index contributed by atoms with van der Waals surface area (Å²) in [6.07, 6.45) is 11.2. The average molecular weight is 306 g/mol. The van der Waals surface area contributed by atoms with E-state index in [0.717, 1.165) is 25.8 Å². The molecule has 0 radical (unpaired) electrons. The van der Waals surface area contributed by atoms with E-state index in [4.69, 9.17) is 4.74 Å². The maximum Gasteiger partial charge on any atom is 0.254 e. The number of anilines is 1. The lowest BCUT2D eigenvalue weighted by molar-refractivity contribution is 0.0932. The predicted molar refractivity (Wildman–Crippen MR) is 86.0 cm³/mol. The molecule has 0 unspecified atom stereocenters. The zero-order chi connectivity index (χ0) is 15.6. The lowest BCUT2D eigenvalue weighted by Crippen LogP contribution is -2.34. The molecule has 0 spiro atoms. The van der Waals surface area contributed by atoms with Crippen LogP contribution in [-0.2, 0) is 4.74 Å². The summed E-state index contributed by atoms with van der Waals surface area (Å²) < 4.78 is 4.98. The lowest BCUT2D eigenvalue weighted by atomic mass is 10.1. The zero-order valence-corrected chi connectivity index (χ0v) is 13.3. The zero-order valence-electron chi connectivity index (χ0n) is 13.3. The maximum absolute atomic E-state index is 12.2. The third-order valence-corrected chi connectivity index (χ3v) is 3.91. The van der Waals surface area contributed by atoms with E-state index in [1.54, 1.807) is 19.5 Å². The number of methoxy groups -OCH3 is 1. The van der Waals surface area contributed by atoms with Crippen LogP contribution in [-0.4, -0.2) is 42.2 Å². The predicted octanol–water partition coefficient (Wildman–Crippen LogP) is 2.38. The van der Waals surface area contributed by atoms with Crippen LogP contribution in [0.1, 0.15) is 55.3 Å². The molecule has 1 aromatic rings. The first-order valence-electron chi connectivity index (χ1n) is 8.15. The molecule has 1 heterocycles. The number of nitrogens with one attached hydrogen (secondary N) is 2. The minimum Gasteiger partial charge on any atom is -0.385 e. The fourth-order valence-electron chi connectivity index (χ4n) is 2.65. The molecule has 122 valence electrons. The van der Waals surface area contributed by atoms with Crippen molar-refractivity contribution in [3.05, 3.63) is 18.0 Å². The van der Waals surface area contributed by atoms with Crippen LogP contribution in [0.2, 0.25) is 0 Å². The summed E-state index contributed by atoms with van der Waals surface area (Å²) in [4.78, 5) is 20.6. The van der Waals surface area contributed by atoms with Gasteiger partial charge in [0, 0.05) is 38.7 Å². The van der Waals surface area contributed by atoms with Crippen molar-refractivity contribution in [1.82, 2.24) is 15.3 Å². The Morgan fingerprint density at radius 1 is 1.23 bits per heavy atom. The molecule has 1 amide bonds. The minimum atomic E-state index is -0.0715. The van der Waals surface area contributed by atoms with Crippen molar-refractivity contribution >= 4 is 11.9 Å². The highest BCUT2D eigenvalue weighted by molar-refractivity contribution is 5.93. The normalized spacial score (nSPS) is 16.0. The van der Waals surface area contributed by atoms with E-state index in [0.29, 0.717) is 24.2 Å².